The van der Waals surface area contributed by atoms with Crippen molar-refractivity contribution < 1.29 is 9.59 Å². The van der Waals surface area contributed by atoms with E-state index in [-0.39, 0.29) is 36.1 Å². The highest BCUT2D eigenvalue weighted by molar-refractivity contribution is 5.85. The molecule has 1 heterocycles. The highest BCUT2D eigenvalue weighted by Crippen LogP contribution is 2.18. The van der Waals surface area contributed by atoms with Crippen molar-refractivity contribution in [2.24, 2.45) is 17.6 Å². The summed E-state index contributed by atoms with van der Waals surface area (Å²) in [7, 11) is 0. The summed E-state index contributed by atoms with van der Waals surface area (Å²) in [5, 5.41) is 3.05. The van der Waals surface area contributed by atoms with Gasteiger partial charge in [0, 0.05) is 25.6 Å². The second-order valence-electron chi connectivity index (χ2n) is 7.04. The van der Waals surface area contributed by atoms with E-state index < -0.39 is 6.04 Å². The summed E-state index contributed by atoms with van der Waals surface area (Å²) in [6.45, 7) is 13.4. The number of rotatable bonds is 9. The molecule has 25 heavy (non-hydrogen) atoms. The molecule has 1 rings (SSSR count). The van der Waals surface area contributed by atoms with E-state index in [1.165, 1.54) is 0 Å². The van der Waals surface area contributed by atoms with Crippen molar-refractivity contribution >= 4 is 24.2 Å². The molecule has 0 aromatic carbocycles. The number of nitrogens with zero attached hydrogens (tertiary/aromatic N) is 2. The molecule has 0 spiro atoms. The maximum Gasteiger partial charge on any atom is 0.239 e. The molecule has 0 unspecified atom stereocenters. The topological polar surface area (TPSA) is 78.7 Å². The van der Waals surface area contributed by atoms with E-state index in [9.17, 15) is 9.59 Å². The van der Waals surface area contributed by atoms with Crippen molar-refractivity contribution in [2.75, 3.05) is 39.3 Å². The predicted molar refractivity (Wildman–Crippen MR) is 105 cm³/mol. The third-order valence-corrected chi connectivity index (χ3v) is 5.03. The zero-order chi connectivity index (χ0) is 18.1. The molecule has 2 amide bonds. The summed E-state index contributed by atoms with van der Waals surface area (Å²) in [6.07, 6.45) is 2.45. The van der Waals surface area contributed by atoms with Crippen molar-refractivity contribution in [1.29, 1.82) is 0 Å². The van der Waals surface area contributed by atoms with Crippen LogP contribution in [0.5, 0.6) is 0 Å². The minimum absolute atomic E-state index is 0. The number of nitrogens with one attached hydrogen (secondary N) is 1. The van der Waals surface area contributed by atoms with Crippen LogP contribution in [0.2, 0.25) is 0 Å². The first kappa shape index (κ1) is 24.1. The van der Waals surface area contributed by atoms with Gasteiger partial charge in [-0.05, 0) is 44.8 Å². The van der Waals surface area contributed by atoms with Gasteiger partial charge in [0.2, 0.25) is 11.8 Å². The molecule has 1 saturated heterocycles. The van der Waals surface area contributed by atoms with Crippen molar-refractivity contribution in [3.05, 3.63) is 0 Å². The number of likely N-dealkylation sites (tertiary alicyclic amines) is 1. The lowest BCUT2D eigenvalue weighted by molar-refractivity contribution is -0.137. The highest BCUT2D eigenvalue weighted by Gasteiger charge is 2.30. The van der Waals surface area contributed by atoms with Crippen LogP contribution < -0.4 is 11.1 Å². The molecule has 0 aromatic rings. The Morgan fingerprint density at radius 3 is 2.24 bits per heavy atom. The van der Waals surface area contributed by atoms with Crippen LogP contribution in [0, 0.1) is 11.8 Å². The number of hydrogen-bond donors (Lipinski definition) is 2. The molecule has 7 heteroatoms. The number of nitrogens with two attached hydrogens (primary N) is 1. The first-order valence-corrected chi connectivity index (χ1v) is 9.45. The fraction of sp³-hybridized carbons (Fsp3) is 0.889. The van der Waals surface area contributed by atoms with E-state index in [0.29, 0.717) is 13.1 Å². The van der Waals surface area contributed by atoms with Crippen molar-refractivity contribution in [3.8, 4) is 0 Å². The number of carbonyl (C=O) groups is 2. The maximum atomic E-state index is 12.2. The van der Waals surface area contributed by atoms with Crippen LogP contribution in [0.15, 0.2) is 0 Å². The Bertz CT molecular complexity index is 395. The normalized spacial score (nSPS) is 16.7. The Labute approximate surface area is 159 Å². The van der Waals surface area contributed by atoms with Gasteiger partial charge in [0.05, 0.1) is 6.04 Å². The molecular weight excluding hydrogens is 340 g/mol. The lowest BCUT2D eigenvalue weighted by Crippen LogP contribution is -2.50. The Morgan fingerprint density at radius 2 is 1.76 bits per heavy atom. The van der Waals surface area contributed by atoms with Gasteiger partial charge >= 0.3 is 0 Å². The summed E-state index contributed by atoms with van der Waals surface area (Å²) < 4.78 is 0. The number of halogens is 1. The lowest BCUT2D eigenvalue weighted by Gasteiger charge is -2.33. The van der Waals surface area contributed by atoms with Crippen molar-refractivity contribution in [2.45, 2.75) is 53.0 Å². The van der Waals surface area contributed by atoms with E-state index in [1.54, 1.807) is 0 Å². The van der Waals surface area contributed by atoms with Gasteiger partial charge in [-0.15, -0.1) is 12.4 Å². The monoisotopic (exact) mass is 376 g/mol. The Morgan fingerprint density at radius 1 is 1.20 bits per heavy atom. The SMILES string of the molecule is CCN(CC)CCCNC(=O)C1CCN(C(=O)[C@@H](N)C(C)C)CC1.Cl. The lowest BCUT2D eigenvalue weighted by atomic mass is 9.94. The molecule has 0 radical (unpaired) electrons. The Balaban J connectivity index is 0.00000576. The van der Waals surface area contributed by atoms with Gasteiger partial charge < -0.3 is 20.9 Å². The number of carbonyl (C=O) groups excluding carboxylic acids is 2. The molecule has 1 aliphatic rings. The van der Waals surface area contributed by atoms with Crippen LogP contribution >= 0.6 is 12.4 Å². The van der Waals surface area contributed by atoms with Crippen LogP contribution in [-0.2, 0) is 9.59 Å². The van der Waals surface area contributed by atoms with E-state index in [2.05, 4.69) is 24.1 Å². The largest absolute Gasteiger partial charge is 0.356 e. The third kappa shape index (κ3) is 7.92. The quantitative estimate of drug-likeness (QED) is 0.597. The Hall–Kier alpha value is -0.850. The first-order chi connectivity index (χ1) is 11.4. The zero-order valence-electron chi connectivity index (χ0n) is 16.3. The highest BCUT2D eigenvalue weighted by atomic mass is 35.5. The predicted octanol–water partition coefficient (Wildman–Crippen LogP) is 1.48. The fourth-order valence-corrected chi connectivity index (χ4v) is 3.06. The van der Waals surface area contributed by atoms with E-state index in [1.807, 2.05) is 18.7 Å². The number of amides is 2. The fourth-order valence-electron chi connectivity index (χ4n) is 3.06. The molecular formula is C18H37ClN4O2. The van der Waals surface area contributed by atoms with Gasteiger partial charge in [0.15, 0.2) is 0 Å². The van der Waals surface area contributed by atoms with E-state index in [4.69, 9.17) is 5.73 Å². The van der Waals surface area contributed by atoms with E-state index in [0.717, 1.165) is 45.4 Å². The standard InChI is InChI=1S/C18H36N4O2.ClH/c1-5-21(6-2)11-7-10-20-17(23)15-8-12-22(13-9-15)18(24)16(19)14(3)4;/h14-16H,5-13,19H2,1-4H3,(H,20,23);1H/t16-;/m0./s1. The minimum Gasteiger partial charge on any atom is -0.356 e. The molecule has 148 valence electrons. The summed E-state index contributed by atoms with van der Waals surface area (Å²) in [6, 6.07) is -0.435. The smallest absolute Gasteiger partial charge is 0.239 e. The van der Waals surface area contributed by atoms with Crippen LogP contribution in [-0.4, -0.2) is 66.9 Å². The minimum atomic E-state index is -0.435. The third-order valence-electron chi connectivity index (χ3n) is 5.03. The van der Waals surface area contributed by atoms with Crippen molar-refractivity contribution in [3.63, 3.8) is 0 Å². The van der Waals surface area contributed by atoms with Gasteiger partial charge in [-0.25, -0.2) is 0 Å². The van der Waals surface area contributed by atoms with Crippen LogP contribution in [0.25, 0.3) is 0 Å². The molecule has 3 N–H and O–H groups in total. The number of piperidine rings is 1. The molecule has 1 aliphatic heterocycles. The Kier molecular flexibility index (Phi) is 12.1. The first-order valence-electron chi connectivity index (χ1n) is 9.45. The second kappa shape index (κ2) is 12.5. The summed E-state index contributed by atoms with van der Waals surface area (Å²) >= 11 is 0. The summed E-state index contributed by atoms with van der Waals surface area (Å²) in [4.78, 5) is 28.7. The van der Waals surface area contributed by atoms with Crippen LogP contribution in [0.1, 0.15) is 47.0 Å². The zero-order valence-corrected chi connectivity index (χ0v) is 17.1. The van der Waals surface area contributed by atoms with E-state index >= 15 is 0 Å². The van der Waals surface area contributed by atoms with Gasteiger partial charge in [0.25, 0.3) is 0 Å². The average molecular weight is 377 g/mol. The number of hydrogen-bond acceptors (Lipinski definition) is 4. The van der Waals surface area contributed by atoms with Crippen LogP contribution in [0.3, 0.4) is 0 Å². The van der Waals surface area contributed by atoms with Gasteiger partial charge in [-0.3, -0.25) is 9.59 Å². The van der Waals surface area contributed by atoms with Gasteiger partial charge in [-0.1, -0.05) is 27.7 Å². The van der Waals surface area contributed by atoms with Gasteiger partial charge in [-0.2, -0.15) is 0 Å². The molecule has 0 bridgehead atoms. The molecule has 1 fully saturated rings. The molecule has 0 aliphatic carbocycles. The maximum absolute atomic E-state index is 12.2. The summed E-state index contributed by atoms with van der Waals surface area (Å²) in [5.41, 5.74) is 5.94. The molecule has 6 nitrogen and oxygen atoms in total. The average Bonchev–Trinajstić information content (AvgIpc) is 2.60. The van der Waals surface area contributed by atoms with Crippen LogP contribution in [0.4, 0.5) is 0 Å². The van der Waals surface area contributed by atoms with Gasteiger partial charge in [0.1, 0.15) is 0 Å². The molecule has 1 atom stereocenters. The molecule has 0 saturated carbocycles. The molecule has 0 aromatic heterocycles. The second-order valence-corrected chi connectivity index (χ2v) is 7.04. The summed E-state index contributed by atoms with van der Waals surface area (Å²) in [5.74, 6) is 0.319. The van der Waals surface area contributed by atoms with Crippen molar-refractivity contribution in [1.82, 2.24) is 15.1 Å².